The first-order chi connectivity index (χ1) is 16.1. The van der Waals surface area contributed by atoms with Crippen molar-refractivity contribution in [1.82, 2.24) is 15.1 Å². The van der Waals surface area contributed by atoms with Crippen LogP contribution in [0.5, 0.6) is 0 Å². The van der Waals surface area contributed by atoms with Crippen LogP contribution in [0.4, 0.5) is 10.2 Å². The largest absolute Gasteiger partial charge is 0.350 e. The summed E-state index contributed by atoms with van der Waals surface area (Å²) >= 11 is 1.73. The second-order valence-electron chi connectivity index (χ2n) is 7.84. The number of amides is 2. The van der Waals surface area contributed by atoms with Gasteiger partial charge in [-0.1, -0.05) is 42.5 Å². The summed E-state index contributed by atoms with van der Waals surface area (Å²) in [6, 6.07) is 19.4. The maximum absolute atomic E-state index is 13.1. The Bertz CT molecular complexity index is 1350. The number of hydrogen-bond donors (Lipinski definition) is 2. The molecule has 166 valence electrons. The van der Waals surface area contributed by atoms with Gasteiger partial charge in [-0.2, -0.15) is 16.9 Å². The average Bonchev–Trinajstić information content (AvgIpc) is 3.41. The number of halogens is 1. The third-order valence-corrected chi connectivity index (χ3v) is 6.53. The highest BCUT2D eigenvalue weighted by molar-refractivity contribution is 7.98. The van der Waals surface area contributed by atoms with Crippen molar-refractivity contribution in [2.45, 2.75) is 24.6 Å². The molecule has 0 spiro atoms. The normalized spacial score (nSPS) is 12.5. The maximum Gasteiger partial charge on any atom is 0.256 e. The molecule has 6 nitrogen and oxygen atoms in total. The van der Waals surface area contributed by atoms with Gasteiger partial charge in [0.15, 0.2) is 0 Å². The fourth-order valence-corrected chi connectivity index (χ4v) is 4.86. The van der Waals surface area contributed by atoms with E-state index in [1.165, 1.54) is 12.1 Å². The molecule has 0 saturated heterocycles. The minimum atomic E-state index is -0.319. The van der Waals surface area contributed by atoms with Gasteiger partial charge in [-0.25, -0.2) is 9.07 Å². The number of benzene rings is 3. The number of rotatable bonds is 6. The zero-order valence-corrected chi connectivity index (χ0v) is 18.5. The van der Waals surface area contributed by atoms with Crippen LogP contribution in [0.2, 0.25) is 0 Å². The third-order valence-electron chi connectivity index (χ3n) is 5.56. The highest BCUT2D eigenvalue weighted by Crippen LogP contribution is 2.35. The molecular weight excluding hydrogens is 439 g/mol. The molecule has 2 amide bonds. The Labute approximate surface area is 194 Å². The molecule has 5 rings (SSSR count). The Balaban J connectivity index is 1.32. The summed E-state index contributed by atoms with van der Waals surface area (Å²) in [6.07, 6.45) is 0. The summed E-state index contributed by atoms with van der Waals surface area (Å²) in [5.41, 5.74) is 3.19. The Morgan fingerprint density at radius 2 is 1.79 bits per heavy atom. The van der Waals surface area contributed by atoms with Crippen LogP contribution in [-0.4, -0.2) is 21.6 Å². The number of carbonyl (C=O) groups is 2. The second kappa shape index (κ2) is 9.07. The lowest BCUT2D eigenvalue weighted by molar-refractivity contribution is -0.122. The first-order valence-corrected chi connectivity index (χ1v) is 11.7. The molecule has 8 heteroatoms. The van der Waals surface area contributed by atoms with Crippen LogP contribution in [0.3, 0.4) is 0 Å². The van der Waals surface area contributed by atoms with Crippen LogP contribution in [0.25, 0.3) is 10.8 Å². The van der Waals surface area contributed by atoms with Crippen LogP contribution in [0.15, 0.2) is 66.7 Å². The van der Waals surface area contributed by atoms with Crippen molar-refractivity contribution in [3.63, 3.8) is 0 Å². The van der Waals surface area contributed by atoms with Gasteiger partial charge in [0.05, 0.1) is 5.69 Å². The van der Waals surface area contributed by atoms with E-state index in [9.17, 15) is 14.0 Å². The molecule has 0 aliphatic carbocycles. The Morgan fingerprint density at radius 1 is 1.00 bits per heavy atom. The fraction of sp³-hybridized carbons (Fsp3) is 0.160. The minimum absolute atomic E-state index is 0.0216. The molecule has 3 aromatic carbocycles. The van der Waals surface area contributed by atoms with E-state index in [-0.39, 0.29) is 30.7 Å². The van der Waals surface area contributed by atoms with E-state index in [2.05, 4.69) is 15.7 Å². The molecule has 4 aromatic rings. The average molecular weight is 461 g/mol. The van der Waals surface area contributed by atoms with Crippen molar-refractivity contribution in [2.75, 3.05) is 5.32 Å². The van der Waals surface area contributed by atoms with E-state index < -0.39 is 0 Å². The number of carbonyl (C=O) groups excluding carboxylic acids is 2. The maximum atomic E-state index is 13.1. The molecule has 0 radical (unpaired) electrons. The molecule has 2 heterocycles. The van der Waals surface area contributed by atoms with Crippen molar-refractivity contribution in [1.29, 1.82) is 0 Å². The molecule has 33 heavy (non-hydrogen) atoms. The van der Waals surface area contributed by atoms with Gasteiger partial charge in [0.1, 0.15) is 18.2 Å². The molecule has 0 saturated carbocycles. The summed E-state index contributed by atoms with van der Waals surface area (Å²) < 4.78 is 14.6. The summed E-state index contributed by atoms with van der Waals surface area (Å²) in [4.78, 5) is 25.6. The van der Waals surface area contributed by atoms with Crippen molar-refractivity contribution in [2.24, 2.45) is 0 Å². The van der Waals surface area contributed by atoms with Gasteiger partial charge < -0.3 is 10.6 Å². The Hall–Kier alpha value is -3.65. The molecule has 2 N–H and O–H groups in total. The first-order valence-electron chi connectivity index (χ1n) is 10.5. The van der Waals surface area contributed by atoms with Gasteiger partial charge in [0.2, 0.25) is 5.91 Å². The standard InChI is InChI=1S/C25H21FN4O2S/c26-20-9-5-16(6-10-20)12-27-23(31)13-30-24(21-14-33-15-22(21)29-30)28-25(32)19-8-7-17-3-1-2-4-18(17)11-19/h1-11H,12-15H2,(H,27,31)(H,28,32). The number of anilines is 1. The number of thioether (sulfide) groups is 1. The quantitative estimate of drug-likeness (QED) is 0.445. The topological polar surface area (TPSA) is 76.0 Å². The molecule has 1 aromatic heterocycles. The number of hydrogen-bond acceptors (Lipinski definition) is 4. The van der Waals surface area contributed by atoms with Gasteiger partial charge in [0, 0.05) is 29.2 Å². The Morgan fingerprint density at radius 3 is 2.61 bits per heavy atom. The fourth-order valence-electron chi connectivity index (χ4n) is 3.83. The summed E-state index contributed by atoms with van der Waals surface area (Å²) in [7, 11) is 0. The van der Waals surface area contributed by atoms with Crippen molar-refractivity contribution >= 4 is 40.2 Å². The molecular formula is C25H21FN4O2S. The predicted molar refractivity (Wildman–Crippen MR) is 127 cm³/mol. The second-order valence-corrected chi connectivity index (χ2v) is 8.83. The lowest BCUT2D eigenvalue weighted by Crippen LogP contribution is -2.28. The van der Waals surface area contributed by atoms with Gasteiger partial charge in [-0.05, 0) is 40.6 Å². The number of nitrogens with zero attached hydrogens (tertiary/aromatic N) is 2. The first kappa shape index (κ1) is 21.2. The number of fused-ring (bicyclic) bond motifs is 2. The number of aromatic nitrogens is 2. The molecule has 0 atom stereocenters. The molecule has 0 unspecified atom stereocenters. The van der Waals surface area contributed by atoms with E-state index >= 15 is 0 Å². The van der Waals surface area contributed by atoms with Crippen LogP contribution in [0, 0.1) is 5.82 Å². The van der Waals surface area contributed by atoms with E-state index in [4.69, 9.17) is 0 Å². The molecule has 1 aliphatic rings. The highest BCUT2D eigenvalue weighted by atomic mass is 32.2. The van der Waals surface area contributed by atoms with Gasteiger partial charge in [-0.3, -0.25) is 9.59 Å². The monoisotopic (exact) mass is 460 g/mol. The van der Waals surface area contributed by atoms with Gasteiger partial charge in [-0.15, -0.1) is 0 Å². The van der Waals surface area contributed by atoms with Crippen LogP contribution < -0.4 is 10.6 Å². The SMILES string of the molecule is O=C(Cn1nc2c(c1NC(=O)c1ccc3ccccc3c1)CSC2)NCc1ccc(F)cc1. The Kier molecular flexibility index (Phi) is 5.83. The van der Waals surface area contributed by atoms with Crippen LogP contribution in [-0.2, 0) is 29.4 Å². The predicted octanol–water partition coefficient (Wildman–Crippen LogP) is 4.49. The van der Waals surface area contributed by atoms with Crippen molar-refractivity contribution in [3.05, 3.63) is 94.9 Å². The minimum Gasteiger partial charge on any atom is -0.350 e. The van der Waals surface area contributed by atoms with E-state index in [1.807, 2.05) is 36.4 Å². The molecule has 0 fully saturated rings. The van der Waals surface area contributed by atoms with E-state index in [0.29, 0.717) is 11.4 Å². The van der Waals surface area contributed by atoms with E-state index in [0.717, 1.165) is 39.1 Å². The molecule has 1 aliphatic heterocycles. The smallest absolute Gasteiger partial charge is 0.256 e. The molecule has 0 bridgehead atoms. The van der Waals surface area contributed by atoms with E-state index in [1.54, 1.807) is 34.6 Å². The number of nitrogens with one attached hydrogen (secondary N) is 2. The van der Waals surface area contributed by atoms with Crippen LogP contribution >= 0.6 is 11.8 Å². The lowest BCUT2D eigenvalue weighted by atomic mass is 10.1. The van der Waals surface area contributed by atoms with Gasteiger partial charge in [0.25, 0.3) is 5.91 Å². The zero-order valence-electron chi connectivity index (χ0n) is 17.7. The lowest BCUT2D eigenvalue weighted by Gasteiger charge is -2.12. The zero-order chi connectivity index (χ0) is 22.8. The third kappa shape index (κ3) is 4.61. The van der Waals surface area contributed by atoms with Gasteiger partial charge >= 0.3 is 0 Å². The summed E-state index contributed by atoms with van der Waals surface area (Å²) in [5.74, 6) is 1.24. The van der Waals surface area contributed by atoms with Crippen LogP contribution in [0.1, 0.15) is 27.2 Å². The van der Waals surface area contributed by atoms with Crippen molar-refractivity contribution < 1.29 is 14.0 Å². The summed E-state index contributed by atoms with van der Waals surface area (Å²) in [5, 5.41) is 12.4. The summed E-state index contributed by atoms with van der Waals surface area (Å²) in [6.45, 7) is 0.265. The van der Waals surface area contributed by atoms with Crippen molar-refractivity contribution in [3.8, 4) is 0 Å². The highest BCUT2D eigenvalue weighted by Gasteiger charge is 2.25.